The highest BCUT2D eigenvalue weighted by Crippen LogP contribution is 2.21. The van der Waals surface area contributed by atoms with E-state index >= 15 is 0 Å². The molecule has 3 nitrogen and oxygen atoms in total. The molecular formula is C15H22ClN3. The first-order valence-corrected chi connectivity index (χ1v) is 6.69. The fourth-order valence-electron chi connectivity index (χ4n) is 2.73. The Labute approximate surface area is 121 Å². The van der Waals surface area contributed by atoms with Crippen molar-refractivity contribution in [1.82, 2.24) is 4.90 Å². The van der Waals surface area contributed by atoms with Crippen LogP contribution in [0.2, 0.25) is 0 Å². The Bertz CT molecular complexity index is 422. The molecule has 4 heteroatoms. The van der Waals surface area contributed by atoms with E-state index in [0.29, 0.717) is 6.04 Å². The van der Waals surface area contributed by atoms with Crippen LogP contribution in [0.5, 0.6) is 0 Å². The number of nitrogens with two attached hydrogens (primary N) is 1. The lowest BCUT2D eigenvalue weighted by Gasteiger charge is -2.38. The van der Waals surface area contributed by atoms with E-state index in [1.807, 2.05) is 24.3 Å². The predicted molar refractivity (Wildman–Crippen MR) is 80.1 cm³/mol. The van der Waals surface area contributed by atoms with Gasteiger partial charge < -0.3 is 5.73 Å². The van der Waals surface area contributed by atoms with Crippen molar-refractivity contribution in [3.63, 3.8) is 0 Å². The molecule has 1 saturated heterocycles. The van der Waals surface area contributed by atoms with Gasteiger partial charge in [0.2, 0.25) is 0 Å². The molecule has 0 aliphatic carbocycles. The first-order chi connectivity index (χ1) is 8.70. The molecule has 2 rings (SSSR count). The van der Waals surface area contributed by atoms with Crippen LogP contribution in [0, 0.1) is 11.3 Å². The second kappa shape index (κ2) is 7.49. The fraction of sp³-hybridized carbons (Fsp3) is 0.533. The fourth-order valence-corrected chi connectivity index (χ4v) is 2.73. The molecule has 0 bridgehead atoms. The standard InChI is InChI=1S/C15H21N3.ClH/c1-12(17)15-4-2-3-9-18(15)11-14-7-5-13(10-16)6-8-14;/h5-8,12,15H,2-4,9,11,17H2,1H3;1H. The highest BCUT2D eigenvalue weighted by atomic mass is 35.5. The molecule has 0 aromatic heterocycles. The maximum atomic E-state index is 8.79. The topological polar surface area (TPSA) is 53.0 Å². The van der Waals surface area contributed by atoms with Crippen molar-refractivity contribution in [1.29, 1.82) is 5.26 Å². The van der Waals surface area contributed by atoms with Crippen LogP contribution >= 0.6 is 12.4 Å². The molecule has 2 unspecified atom stereocenters. The molecule has 0 amide bonds. The minimum Gasteiger partial charge on any atom is -0.327 e. The van der Waals surface area contributed by atoms with E-state index in [-0.39, 0.29) is 18.4 Å². The van der Waals surface area contributed by atoms with Crippen LogP contribution in [0.4, 0.5) is 0 Å². The van der Waals surface area contributed by atoms with Gasteiger partial charge >= 0.3 is 0 Å². The summed E-state index contributed by atoms with van der Waals surface area (Å²) in [6.07, 6.45) is 3.75. The van der Waals surface area contributed by atoms with Gasteiger partial charge in [-0.1, -0.05) is 18.6 Å². The number of rotatable bonds is 3. The van der Waals surface area contributed by atoms with Gasteiger partial charge in [0.1, 0.15) is 0 Å². The minimum absolute atomic E-state index is 0. The van der Waals surface area contributed by atoms with E-state index in [9.17, 15) is 0 Å². The van der Waals surface area contributed by atoms with E-state index < -0.39 is 0 Å². The summed E-state index contributed by atoms with van der Waals surface area (Å²) < 4.78 is 0. The lowest BCUT2D eigenvalue weighted by Crippen LogP contribution is -2.48. The van der Waals surface area contributed by atoms with Crippen molar-refractivity contribution in [3.8, 4) is 6.07 Å². The third kappa shape index (κ3) is 4.21. The van der Waals surface area contributed by atoms with Gasteiger partial charge in [-0.2, -0.15) is 5.26 Å². The molecule has 19 heavy (non-hydrogen) atoms. The van der Waals surface area contributed by atoms with Crippen LogP contribution in [0.25, 0.3) is 0 Å². The summed E-state index contributed by atoms with van der Waals surface area (Å²) in [7, 11) is 0. The normalized spacial score (nSPS) is 21.2. The Balaban J connectivity index is 0.00000180. The molecule has 1 aliphatic heterocycles. The number of benzene rings is 1. The van der Waals surface area contributed by atoms with Crippen molar-refractivity contribution in [3.05, 3.63) is 35.4 Å². The Morgan fingerprint density at radius 1 is 1.37 bits per heavy atom. The Kier molecular flexibility index (Phi) is 6.30. The van der Waals surface area contributed by atoms with Crippen molar-refractivity contribution in [2.75, 3.05) is 6.54 Å². The number of hydrogen-bond acceptors (Lipinski definition) is 3. The zero-order chi connectivity index (χ0) is 13.0. The largest absolute Gasteiger partial charge is 0.327 e. The number of nitriles is 1. The minimum atomic E-state index is 0. The zero-order valence-corrected chi connectivity index (χ0v) is 12.2. The van der Waals surface area contributed by atoms with Gasteiger partial charge in [0, 0.05) is 18.6 Å². The van der Waals surface area contributed by atoms with Gasteiger partial charge in [-0.15, -0.1) is 12.4 Å². The van der Waals surface area contributed by atoms with Crippen molar-refractivity contribution in [2.24, 2.45) is 5.73 Å². The van der Waals surface area contributed by atoms with Gasteiger partial charge in [0.25, 0.3) is 0 Å². The third-order valence-electron chi connectivity index (χ3n) is 3.74. The molecule has 2 atom stereocenters. The Morgan fingerprint density at radius 3 is 2.63 bits per heavy atom. The number of hydrogen-bond donors (Lipinski definition) is 1. The number of piperidine rings is 1. The average molecular weight is 280 g/mol. The third-order valence-corrected chi connectivity index (χ3v) is 3.74. The molecule has 1 aliphatic rings. The maximum absolute atomic E-state index is 8.79. The summed E-state index contributed by atoms with van der Waals surface area (Å²) in [6, 6.07) is 10.7. The predicted octanol–water partition coefficient (Wildman–Crippen LogP) is 2.68. The van der Waals surface area contributed by atoms with E-state index in [2.05, 4.69) is 17.9 Å². The van der Waals surface area contributed by atoms with Crippen LogP contribution in [0.15, 0.2) is 24.3 Å². The van der Waals surface area contributed by atoms with Crippen LogP contribution in [0.1, 0.15) is 37.3 Å². The quantitative estimate of drug-likeness (QED) is 0.925. The summed E-state index contributed by atoms with van der Waals surface area (Å²) >= 11 is 0. The van der Waals surface area contributed by atoms with E-state index in [4.69, 9.17) is 11.0 Å². The van der Waals surface area contributed by atoms with E-state index in [0.717, 1.165) is 18.7 Å². The van der Waals surface area contributed by atoms with Gasteiger partial charge in [0.15, 0.2) is 0 Å². The smallest absolute Gasteiger partial charge is 0.0991 e. The van der Waals surface area contributed by atoms with Gasteiger partial charge in [-0.05, 0) is 44.0 Å². The van der Waals surface area contributed by atoms with Gasteiger partial charge in [0.05, 0.1) is 11.6 Å². The molecular weight excluding hydrogens is 258 g/mol. The summed E-state index contributed by atoms with van der Waals surface area (Å²) in [5, 5.41) is 8.79. The number of likely N-dealkylation sites (tertiary alicyclic amines) is 1. The first-order valence-electron chi connectivity index (χ1n) is 6.69. The average Bonchev–Trinajstić information content (AvgIpc) is 2.40. The molecule has 1 fully saturated rings. The lowest BCUT2D eigenvalue weighted by atomic mass is 9.96. The lowest BCUT2D eigenvalue weighted by molar-refractivity contribution is 0.123. The van der Waals surface area contributed by atoms with Crippen LogP contribution in [-0.2, 0) is 6.54 Å². The SMILES string of the molecule is CC(N)C1CCCCN1Cc1ccc(C#N)cc1.Cl. The van der Waals surface area contributed by atoms with E-state index in [1.54, 1.807) is 0 Å². The number of halogens is 1. The van der Waals surface area contributed by atoms with E-state index in [1.165, 1.54) is 24.8 Å². The van der Waals surface area contributed by atoms with Crippen LogP contribution in [-0.4, -0.2) is 23.5 Å². The first kappa shape index (κ1) is 16.0. The summed E-state index contributed by atoms with van der Waals surface area (Å²) in [5.41, 5.74) is 8.06. The highest BCUT2D eigenvalue weighted by Gasteiger charge is 2.25. The molecule has 0 saturated carbocycles. The monoisotopic (exact) mass is 279 g/mol. The molecule has 1 heterocycles. The maximum Gasteiger partial charge on any atom is 0.0991 e. The molecule has 1 aromatic rings. The second-order valence-corrected chi connectivity index (χ2v) is 5.20. The molecule has 104 valence electrons. The molecule has 0 radical (unpaired) electrons. The highest BCUT2D eigenvalue weighted by molar-refractivity contribution is 5.85. The van der Waals surface area contributed by atoms with Crippen molar-refractivity contribution in [2.45, 2.75) is 44.8 Å². The summed E-state index contributed by atoms with van der Waals surface area (Å²) in [6.45, 7) is 4.17. The Hall–Kier alpha value is -1.08. The number of nitrogens with zero attached hydrogens (tertiary/aromatic N) is 2. The molecule has 2 N–H and O–H groups in total. The van der Waals surface area contributed by atoms with Crippen molar-refractivity contribution < 1.29 is 0 Å². The van der Waals surface area contributed by atoms with Crippen LogP contribution in [0.3, 0.4) is 0 Å². The van der Waals surface area contributed by atoms with Gasteiger partial charge in [-0.25, -0.2) is 0 Å². The summed E-state index contributed by atoms with van der Waals surface area (Å²) in [5.74, 6) is 0. The second-order valence-electron chi connectivity index (χ2n) is 5.20. The summed E-state index contributed by atoms with van der Waals surface area (Å²) in [4.78, 5) is 2.48. The molecule has 1 aromatic carbocycles. The van der Waals surface area contributed by atoms with Crippen molar-refractivity contribution >= 4 is 12.4 Å². The van der Waals surface area contributed by atoms with Gasteiger partial charge in [-0.3, -0.25) is 4.90 Å². The zero-order valence-electron chi connectivity index (χ0n) is 11.4. The molecule has 0 spiro atoms. The van der Waals surface area contributed by atoms with Crippen LogP contribution < -0.4 is 5.73 Å². The Morgan fingerprint density at radius 2 is 2.05 bits per heavy atom.